The normalized spacial score (nSPS) is 11.6. The smallest absolute Gasteiger partial charge is 0.124 e. The van der Waals surface area contributed by atoms with Gasteiger partial charge in [-0.2, -0.15) is 0 Å². The predicted octanol–water partition coefficient (Wildman–Crippen LogP) is 4.91. The van der Waals surface area contributed by atoms with Crippen molar-refractivity contribution in [3.8, 4) is 0 Å². The molecule has 104 valence electrons. The third-order valence-corrected chi connectivity index (χ3v) is 3.75. The molecule has 0 unspecified atom stereocenters. The van der Waals surface area contributed by atoms with Crippen molar-refractivity contribution in [1.29, 1.82) is 0 Å². The van der Waals surface area contributed by atoms with Gasteiger partial charge in [-0.15, -0.1) is 11.6 Å². The van der Waals surface area contributed by atoms with Gasteiger partial charge in [0.1, 0.15) is 5.82 Å². The first-order chi connectivity index (χ1) is 9.11. The number of imidazole rings is 1. The summed E-state index contributed by atoms with van der Waals surface area (Å²) in [6, 6.07) is 6.41. The second-order valence-electron chi connectivity index (χ2n) is 5.70. The Labute approximate surface area is 120 Å². The lowest BCUT2D eigenvalue weighted by atomic mass is 10.1. The van der Waals surface area contributed by atoms with E-state index in [4.69, 9.17) is 11.6 Å². The highest BCUT2D eigenvalue weighted by molar-refractivity contribution is 6.16. The molecule has 3 heteroatoms. The second-order valence-corrected chi connectivity index (χ2v) is 5.96. The van der Waals surface area contributed by atoms with E-state index in [1.165, 1.54) is 30.3 Å². The lowest BCUT2D eigenvalue weighted by Gasteiger charge is -2.09. The molecule has 0 N–H and O–H groups in total. The van der Waals surface area contributed by atoms with Crippen LogP contribution in [0, 0.1) is 12.8 Å². The van der Waals surface area contributed by atoms with E-state index >= 15 is 0 Å². The molecule has 1 aromatic heterocycles. The number of nitrogens with zero attached hydrogens (tertiary/aromatic N) is 2. The summed E-state index contributed by atoms with van der Waals surface area (Å²) in [6.07, 6.45) is 3.76. The molecule has 0 aliphatic heterocycles. The van der Waals surface area contributed by atoms with Gasteiger partial charge in [-0.05, 0) is 37.0 Å². The Hall–Kier alpha value is -1.02. The number of hydrogen-bond acceptors (Lipinski definition) is 1. The molecule has 0 saturated carbocycles. The first-order valence-electron chi connectivity index (χ1n) is 7.13. The first-order valence-corrected chi connectivity index (χ1v) is 7.67. The lowest BCUT2D eigenvalue weighted by molar-refractivity contribution is 0.509. The quantitative estimate of drug-likeness (QED) is 0.542. The summed E-state index contributed by atoms with van der Waals surface area (Å²) in [5.41, 5.74) is 3.56. The number of benzene rings is 1. The molecule has 0 aliphatic rings. The van der Waals surface area contributed by atoms with E-state index in [2.05, 4.69) is 48.5 Å². The highest BCUT2D eigenvalue weighted by Crippen LogP contribution is 2.20. The van der Waals surface area contributed by atoms with Crippen molar-refractivity contribution < 1.29 is 0 Å². The number of halogens is 1. The van der Waals surface area contributed by atoms with Crippen molar-refractivity contribution in [2.24, 2.45) is 5.92 Å². The SMILES string of the molecule is Cc1ccc2nc(CCl)n(CCCCC(C)C)c2c1. The van der Waals surface area contributed by atoms with Gasteiger partial charge in [0.2, 0.25) is 0 Å². The van der Waals surface area contributed by atoms with Crippen molar-refractivity contribution in [2.75, 3.05) is 0 Å². The van der Waals surface area contributed by atoms with Crippen LogP contribution in [0.5, 0.6) is 0 Å². The van der Waals surface area contributed by atoms with E-state index in [-0.39, 0.29) is 0 Å². The summed E-state index contributed by atoms with van der Waals surface area (Å²) in [4.78, 5) is 4.62. The molecule has 2 rings (SSSR count). The number of hydrogen-bond donors (Lipinski definition) is 0. The van der Waals surface area contributed by atoms with E-state index in [1.807, 2.05) is 0 Å². The molecule has 1 heterocycles. The fraction of sp³-hybridized carbons (Fsp3) is 0.562. The first kappa shape index (κ1) is 14.4. The number of fused-ring (bicyclic) bond motifs is 1. The molecule has 0 spiro atoms. The van der Waals surface area contributed by atoms with Crippen LogP contribution >= 0.6 is 11.6 Å². The summed E-state index contributed by atoms with van der Waals surface area (Å²) in [5, 5.41) is 0. The van der Waals surface area contributed by atoms with Gasteiger partial charge in [-0.3, -0.25) is 0 Å². The summed E-state index contributed by atoms with van der Waals surface area (Å²) >= 11 is 6.02. The Kier molecular flexibility index (Phi) is 4.87. The molecule has 1 aromatic carbocycles. The van der Waals surface area contributed by atoms with Gasteiger partial charge in [0.05, 0.1) is 16.9 Å². The third kappa shape index (κ3) is 3.50. The number of aryl methyl sites for hydroxylation is 2. The van der Waals surface area contributed by atoms with Gasteiger partial charge in [0.15, 0.2) is 0 Å². The average Bonchev–Trinajstić information content (AvgIpc) is 2.72. The van der Waals surface area contributed by atoms with Gasteiger partial charge in [-0.25, -0.2) is 4.98 Å². The highest BCUT2D eigenvalue weighted by atomic mass is 35.5. The Bertz CT molecular complexity index is 543. The fourth-order valence-electron chi connectivity index (χ4n) is 2.46. The molecular formula is C16H23ClN2. The summed E-state index contributed by atoms with van der Waals surface area (Å²) in [7, 11) is 0. The summed E-state index contributed by atoms with van der Waals surface area (Å²) in [5.74, 6) is 2.26. The fourth-order valence-corrected chi connectivity index (χ4v) is 2.66. The third-order valence-electron chi connectivity index (χ3n) is 3.52. The predicted molar refractivity (Wildman–Crippen MR) is 82.7 cm³/mol. The van der Waals surface area contributed by atoms with Crippen molar-refractivity contribution in [1.82, 2.24) is 9.55 Å². The molecule has 2 nitrogen and oxygen atoms in total. The topological polar surface area (TPSA) is 17.8 Å². The Morgan fingerprint density at radius 1 is 1.26 bits per heavy atom. The van der Waals surface area contributed by atoms with Crippen LogP contribution in [-0.2, 0) is 12.4 Å². The monoisotopic (exact) mass is 278 g/mol. The lowest BCUT2D eigenvalue weighted by Crippen LogP contribution is -2.03. The molecule has 0 aliphatic carbocycles. The van der Waals surface area contributed by atoms with E-state index < -0.39 is 0 Å². The van der Waals surface area contributed by atoms with Crippen molar-refractivity contribution in [2.45, 2.75) is 52.5 Å². The van der Waals surface area contributed by atoms with Gasteiger partial charge in [0, 0.05) is 6.54 Å². The van der Waals surface area contributed by atoms with Crippen LogP contribution in [0.4, 0.5) is 0 Å². The minimum atomic E-state index is 0.484. The maximum atomic E-state index is 6.02. The van der Waals surface area contributed by atoms with Crippen molar-refractivity contribution in [3.05, 3.63) is 29.6 Å². The van der Waals surface area contributed by atoms with Gasteiger partial charge in [-0.1, -0.05) is 32.8 Å². The zero-order valence-corrected chi connectivity index (χ0v) is 12.9. The maximum absolute atomic E-state index is 6.02. The van der Waals surface area contributed by atoms with Crippen LogP contribution in [0.25, 0.3) is 11.0 Å². The Morgan fingerprint density at radius 2 is 2.05 bits per heavy atom. The van der Waals surface area contributed by atoms with E-state index in [1.54, 1.807) is 0 Å². The van der Waals surface area contributed by atoms with Crippen LogP contribution in [0.3, 0.4) is 0 Å². The molecule has 0 bridgehead atoms. The van der Waals surface area contributed by atoms with Gasteiger partial charge >= 0.3 is 0 Å². The highest BCUT2D eigenvalue weighted by Gasteiger charge is 2.09. The number of alkyl halides is 1. The zero-order chi connectivity index (χ0) is 13.8. The van der Waals surface area contributed by atoms with E-state index in [0.29, 0.717) is 5.88 Å². The standard InChI is InChI=1S/C16H23ClN2/c1-12(2)6-4-5-9-19-15-10-13(3)7-8-14(15)18-16(19)11-17/h7-8,10,12H,4-6,9,11H2,1-3H3. The second kappa shape index (κ2) is 6.42. The maximum Gasteiger partial charge on any atom is 0.124 e. The van der Waals surface area contributed by atoms with Crippen LogP contribution in [0.1, 0.15) is 44.5 Å². The molecular weight excluding hydrogens is 256 g/mol. The van der Waals surface area contributed by atoms with Gasteiger partial charge < -0.3 is 4.57 Å². The minimum Gasteiger partial charge on any atom is -0.327 e. The summed E-state index contributed by atoms with van der Waals surface area (Å²) in [6.45, 7) is 7.70. The van der Waals surface area contributed by atoms with Crippen LogP contribution in [-0.4, -0.2) is 9.55 Å². The van der Waals surface area contributed by atoms with Gasteiger partial charge in [0.25, 0.3) is 0 Å². The molecule has 0 amide bonds. The Balaban J connectivity index is 2.17. The minimum absolute atomic E-state index is 0.484. The molecule has 0 saturated heterocycles. The molecule has 19 heavy (non-hydrogen) atoms. The van der Waals surface area contributed by atoms with E-state index in [9.17, 15) is 0 Å². The van der Waals surface area contributed by atoms with Crippen LogP contribution in [0.15, 0.2) is 18.2 Å². The Morgan fingerprint density at radius 3 is 2.74 bits per heavy atom. The van der Waals surface area contributed by atoms with Crippen LogP contribution < -0.4 is 0 Å². The summed E-state index contributed by atoms with van der Waals surface area (Å²) < 4.78 is 2.29. The molecule has 0 radical (unpaired) electrons. The zero-order valence-electron chi connectivity index (χ0n) is 12.1. The molecule has 2 aromatic rings. The van der Waals surface area contributed by atoms with Crippen LogP contribution in [0.2, 0.25) is 0 Å². The molecule has 0 fully saturated rings. The number of unbranched alkanes of at least 4 members (excludes halogenated alkanes) is 1. The van der Waals surface area contributed by atoms with Crippen molar-refractivity contribution in [3.63, 3.8) is 0 Å². The largest absolute Gasteiger partial charge is 0.327 e. The van der Waals surface area contributed by atoms with E-state index in [0.717, 1.165) is 23.8 Å². The average molecular weight is 279 g/mol. The van der Waals surface area contributed by atoms with Crippen molar-refractivity contribution >= 4 is 22.6 Å². The number of rotatable bonds is 6. The molecule has 0 atom stereocenters. The number of aromatic nitrogens is 2.